The van der Waals surface area contributed by atoms with Gasteiger partial charge in [0.2, 0.25) is 5.95 Å². The lowest BCUT2D eigenvalue weighted by atomic mass is 9.95. The molecule has 0 atom stereocenters. The normalized spacial score (nSPS) is 21.6. The van der Waals surface area contributed by atoms with Gasteiger partial charge in [0.25, 0.3) is 0 Å². The van der Waals surface area contributed by atoms with E-state index in [2.05, 4.69) is 32.9 Å². The minimum absolute atomic E-state index is 0.644. The summed E-state index contributed by atoms with van der Waals surface area (Å²) in [5.41, 5.74) is 1.12. The third kappa shape index (κ3) is 3.98. The highest BCUT2D eigenvalue weighted by Gasteiger charge is 2.19. The standard InChI is InChI=1S/C16H28N4O/c1-14-13-20(15-5-3-2-4-6-15)16(18-14)17-7-8-19-9-11-21-12-10-19/h13,15H,2-12H2,1H3,(H,17,18). The van der Waals surface area contributed by atoms with Gasteiger partial charge in [-0.1, -0.05) is 19.3 Å². The number of nitrogens with one attached hydrogen (secondary N) is 1. The van der Waals surface area contributed by atoms with E-state index in [1.807, 2.05) is 0 Å². The van der Waals surface area contributed by atoms with E-state index < -0.39 is 0 Å². The van der Waals surface area contributed by atoms with Crippen LogP contribution in [0.4, 0.5) is 5.95 Å². The van der Waals surface area contributed by atoms with Gasteiger partial charge in [-0.15, -0.1) is 0 Å². The molecule has 118 valence electrons. The summed E-state index contributed by atoms with van der Waals surface area (Å²) in [6, 6.07) is 0.644. The van der Waals surface area contributed by atoms with E-state index in [1.54, 1.807) is 0 Å². The summed E-state index contributed by atoms with van der Waals surface area (Å²) in [4.78, 5) is 7.13. The number of aryl methyl sites for hydroxylation is 1. The van der Waals surface area contributed by atoms with Crippen LogP contribution in [-0.4, -0.2) is 53.8 Å². The lowest BCUT2D eigenvalue weighted by Crippen LogP contribution is -2.39. The Morgan fingerprint density at radius 3 is 2.76 bits per heavy atom. The average molecular weight is 292 g/mol. The smallest absolute Gasteiger partial charge is 0.203 e. The summed E-state index contributed by atoms with van der Waals surface area (Å²) in [6.45, 7) is 7.97. The van der Waals surface area contributed by atoms with E-state index >= 15 is 0 Å². The molecule has 0 aromatic carbocycles. The molecule has 21 heavy (non-hydrogen) atoms. The molecule has 2 aliphatic rings. The third-order valence-corrected chi connectivity index (χ3v) is 4.64. The number of aromatic nitrogens is 2. The van der Waals surface area contributed by atoms with Crippen molar-refractivity contribution in [1.29, 1.82) is 0 Å². The quantitative estimate of drug-likeness (QED) is 0.905. The Morgan fingerprint density at radius 2 is 2.00 bits per heavy atom. The van der Waals surface area contributed by atoms with E-state index in [9.17, 15) is 0 Å². The topological polar surface area (TPSA) is 42.3 Å². The molecular weight excluding hydrogens is 264 g/mol. The summed E-state index contributed by atoms with van der Waals surface area (Å²) in [6.07, 6.45) is 8.92. The van der Waals surface area contributed by atoms with Crippen molar-refractivity contribution in [3.63, 3.8) is 0 Å². The van der Waals surface area contributed by atoms with Crippen molar-refractivity contribution >= 4 is 5.95 Å². The predicted molar refractivity (Wildman–Crippen MR) is 84.8 cm³/mol. The second-order valence-electron chi connectivity index (χ2n) is 6.29. The highest BCUT2D eigenvalue weighted by Crippen LogP contribution is 2.30. The number of rotatable bonds is 5. The molecule has 5 heteroatoms. The summed E-state index contributed by atoms with van der Waals surface area (Å²) >= 11 is 0. The van der Waals surface area contributed by atoms with Crippen molar-refractivity contribution in [2.24, 2.45) is 0 Å². The second-order valence-corrected chi connectivity index (χ2v) is 6.29. The van der Waals surface area contributed by atoms with Crippen molar-refractivity contribution in [2.45, 2.75) is 45.1 Å². The van der Waals surface area contributed by atoms with Gasteiger partial charge in [0.05, 0.1) is 18.9 Å². The minimum Gasteiger partial charge on any atom is -0.379 e. The van der Waals surface area contributed by atoms with Crippen LogP contribution in [0.3, 0.4) is 0 Å². The third-order valence-electron chi connectivity index (χ3n) is 4.64. The van der Waals surface area contributed by atoms with E-state index in [-0.39, 0.29) is 0 Å². The van der Waals surface area contributed by atoms with Crippen molar-refractivity contribution in [3.05, 3.63) is 11.9 Å². The zero-order valence-electron chi connectivity index (χ0n) is 13.2. The van der Waals surface area contributed by atoms with Crippen LogP contribution in [0, 0.1) is 6.92 Å². The number of ether oxygens (including phenoxy) is 1. The van der Waals surface area contributed by atoms with Gasteiger partial charge in [-0.3, -0.25) is 4.90 Å². The monoisotopic (exact) mass is 292 g/mol. The van der Waals surface area contributed by atoms with Crippen molar-refractivity contribution in [1.82, 2.24) is 14.5 Å². The number of hydrogen-bond acceptors (Lipinski definition) is 4. The van der Waals surface area contributed by atoms with E-state index in [4.69, 9.17) is 4.74 Å². The first-order valence-electron chi connectivity index (χ1n) is 8.42. The molecule has 1 aliphatic heterocycles. The molecule has 1 saturated carbocycles. The maximum Gasteiger partial charge on any atom is 0.203 e. The van der Waals surface area contributed by atoms with Gasteiger partial charge < -0.3 is 14.6 Å². The molecule has 1 aliphatic carbocycles. The maximum atomic E-state index is 5.39. The number of hydrogen-bond donors (Lipinski definition) is 1. The highest BCUT2D eigenvalue weighted by molar-refractivity contribution is 5.29. The Morgan fingerprint density at radius 1 is 1.24 bits per heavy atom. The van der Waals surface area contributed by atoms with Gasteiger partial charge in [0, 0.05) is 38.4 Å². The predicted octanol–water partition coefficient (Wildman–Crippen LogP) is 2.44. The molecule has 0 amide bonds. The Bertz CT molecular complexity index is 433. The highest BCUT2D eigenvalue weighted by atomic mass is 16.5. The van der Waals surface area contributed by atoms with Crippen LogP contribution in [0.15, 0.2) is 6.20 Å². The number of anilines is 1. The Hall–Kier alpha value is -1.07. The zero-order valence-corrected chi connectivity index (χ0v) is 13.2. The molecule has 1 saturated heterocycles. The van der Waals surface area contributed by atoms with Crippen molar-refractivity contribution in [3.8, 4) is 0 Å². The number of nitrogens with zero attached hydrogens (tertiary/aromatic N) is 3. The lowest BCUT2D eigenvalue weighted by Gasteiger charge is -2.27. The van der Waals surface area contributed by atoms with Crippen LogP contribution in [0.5, 0.6) is 0 Å². The van der Waals surface area contributed by atoms with Gasteiger partial charge in [-0.25, -0.2) is 4.98 Å². The zero-order chi connectivity index (χ0) is 14.5. The second kappa shape index (κ2) is 7.27. The van der Waals surface area contributed by atoms with Crippen LogP contribution < -0.4 is 5.32 Å². The van der Waals surface area contributed by atoms with Crippen LogP contribution in [-0.2, 0) is 4.74 Å². The van der Waals surface area contributed by atoms with Gasteiger partial charge in [-0.05, 0) is 19.8 Å². The molecule has 1 aromatic heterocycles. The average Bonchev–Trinajstić information content (AvgIpc) is 2.90. The molecule has 1 aromatic rings. The fourth-order valence-corrected chi connectivity index (χ4v) is 3.44. The van der Waals surface area contributed by atoms with Crippen LogP contribution in [0.2, 0.25) is 0 Å². The first kappa shape index (κ1) is 14.9. The molecule has 0 spiro atoms. The Kier molecular flexibility index (Phi) is 5.14. The SMILES string of the molecule is Cc1cn(C2CCCCC2)c(NCCN2CCOCC2)n1. The van der Waals surface area contributed by atoms with Crippen molar-refractivity contribution < 1.29 is 4.74 Å². The van der Waals surface area contributed by atoms with Gasteiger partial charge in [0.1, 0.15) is 0 Å². The first-order valence-corrected chi connectivity index (χ1v) is 8.42. The molecule has 2 heterocycles. The maximum absolute atomic E-state index is 5.39. The molecule has 1 N–H and O–H groups in total. The van der Waals surface area contributed by atoms with Crippen LogP contribution >= 0.6 is 0 Å². The van der Waals surface area contributed by atoms with Crippen molar-refractivity contribution in [2.75, 3.05) is 44.7 Å². The van der Waals surface area contributed by atoms with E-state index in [0.29, 0.717) is 6.04 Å². The molecule has 0 bridgehead atoms. The van der Waals surface area contributed by atoms with E-state index in [1.165, 1.54) is 32.1 Å². The Labute approximate surface area is 127 Å². The molecule has 3 rings (SSSR count). The van der Waals surface area contributed by atoms with E-state index in [0.717, 1.165) is 51.0 Å². The fourth-order valence-electron chi connectivity index (χ4n) is 3.44. The fraction of sp³-hybridized carbons (Fsp3) is 0.812. The number of morpholine rings is 1. The molecular formula is C16H28N4O. The van der Waals surface area contributed by atoms with Crippen LogP contribution in [0.25, 0.3) is 0 Å². The van der Waals surface area contributed by atoms with Gasteiger partial charge in [0.15, 0.2) is 0 Å². The largest absolute Gasteiger partial charge is 0.379 e. The molecule has 5 nitrogen and oxygen atoms in total. The van der Waals surface area contributed by atoms with Crippen LogP contribution in [0.1, 0.15) is 43.8 Å². The first-order chi connectivity index (χ1) is 10.3. The summed E-state index contributed by atoms with van der Waals surface area (Å²) < 4.78 is 7.77. The molecule has 2 fully saturated rings. The van der Waals surface area contributed by atoms with Gasteiger partial charge >= 0.3 is 0 Å². The summed E-state index contributed by atoms with van der Waals surface area (Å²) in [5.74, 6) is 1.06. The Balaban J connectivity index is 1.54. The summed E-state index contributed by atoms with van der Waals surface area (Å²) in [7, 11) is 0. The summed E-state index contributed by atoms with van der Waals surface area (Å²) in [5, 5.41) is 3.55. The lowest BCUT2D eigenvalue weighted by molar-refractivity contribution is 0.0398. The minimum atomic E-state index is 0.644. The number of imidazole rings is 1. The van der Waals surface area contributed by atoms with Gasteiger partial charge in [-0.2, -0.15) is 0 Å². The molecule has 0 unspecified atom stereocenters. The molecule has 0 radical (unpaired) electrons.